The Bertz CT molecular complexity index is 705. The van der Waals surface area contributed by atoms with Crippen molar-refractivity contribution in [1.82, 2.24) is 0 Å². The summed E-state index contributed by atoms with van der Waals surface area (Å²) >= 11 is 0. The second-order valence-electron chi connectivity index (χ2n) is 6.98. The maximum atomic E-state index is 11.7. The molecule has 0 aromatic heterocycles. The van der Waals surface area contributed by atoms with Crippen molar-refractivity contribution in [1.29, 1.82) is 0 Å². The van der Waals surface area contributed by atoms with E-state index in [-0.39, 0.29) is 24.0 Å². The zero-order chi connectivity index (χ0) is 21.1. The van der Waals surface area contributed by atoms with Gasteiger partial charge in [-0.15, -0.1) is 0 Å². The number of benzene rings is 1. The van der Waals surface area contributed by atoms with Gasteiger partial charge in [0.1, 0.15) is 24.1 Å². The van der Waals surface area contributed by atoms with Crippen LogP contribution in [0.2, 0.25) is 0 Å². The van der Waals surface area contributed by atoms with E-state index in [4.69, 9.17) is 19.3 Å². The van der Waals surface area contributed by atoms with Crippen molar-refractivity contribution in [2.45, 2.75) is 51.0 Å². The molecule has 1 amide bonds. The molecule has 28 heavy (non-hydrogen) atoms. The minimum absolute atomic E-state index is 0.148. The van der Waals surface area contributed by atoms with Crippen LogP contribution >= 0.6 is 7.60 Å². The lowest BCUT2D eigenvalue weighted by Crippen LogP contribution is -2.59. The molecular weight excluding hydrogens is 393 g/mol. The van der Waals surface area contributed by atoms with E-state index in [1.54, 1.807) is 26.0 Å². The smallest absolute Gasteiger partial charge is 0.325 e. The van der Waals surface area contributed by atoms with Gasteiger partial charge in [-0.2, -0.15) is 0 Å². The van der Waals surface area contributed by atoms with Crippen molar-refractivity contribution in [2.75, 3.05) is 11.5 Å². The molecule has 1 saturated heterocycles. The third kappa shape index (κ3) is 6.25. The van der Waals surface area contributed by atoms with E-state index < -0.39 is 44.5 Å². The number of rotatable bonds is 7. The van der Waals surface area contributed by atoms with E-state index in [0.29, 0.717) is 5.69 Å². The third-order valence-electron chi connectivity index (χ3n) is 4.27. The van der Waals surface area contributed by atoms with Gasteiger partial charge < -0.3 is 39.9 Å². The predicted molar refractivity (Wildman–Crippen MR) is 98.7 cm³/mol. The highest BCUT2D eigenvalue weighted by Crippen LogP contribution is 2.37. The van der Waals surface area contributed by atoms with Crippen LogP contribution in [0.1, 0.15) is 20.3 Å². The first kappa shape index (κ1) is 22.8. The molecule has 0 bridgehead atoms. The quantitative estimate of drug-likeness (QED) is 0.334. The molecule has 0 saturated carbocycles. The highest BCUT2D eigenvalue weighted by atomic mass is 31.2. The Hall–Kier alpha value is -1.52. The average Bonchev–Trinajstić information content (AvgIpc) is 2.61. The van der Waals surface area contributed by atoms with Gasteiger partial charge in [0.05, 0.1) is 12.3 Å². The molecule has 5 atom stereocenters. The van der Waals surface area contributed by atoms with Gasteiger partial charge in [0.2, 0.25) is 12.2 Å². The standard InChI is InChI=1S/C17H26NO9P/c1-9(2)16(22)18-10-3-5-11(6-4-10)26-17-15(21)14(20)13(19)12(27-17)7-8-28(23,24)25/h3-6,9,12-15,17,19-21H,7-8H2,1-2H3,(H,18,22)(H2,23,24,25)/t12-,13-,14+,15+,17+/m1/s1. The van der Waals surface area contributed by atoms with Gasteiger partial charge in [0.25, 0.3) is 0 Å². The number of amides is 1. The Morgan fingerprint density at radius 2 is 1.75 bits per heavy atom. The van der Waals surface area contributed by atoms with Crippen molar-refractivity contribution in [2.24, 2.45) is 5.92 Å². The topological polar surface area (TPSA) is 166 Å². The Labute approximate surface area is 162 Å². The van der Waals surface area contributed by atoms with Crippen LogP contribution in [0.5, 0.6) is 5.75 Å². The monoisotopic (exact) mass is 419 g/mol. The number of aliphatic hydroxyl groups excluding tert-OH is 3. The fourth-order valence-corrected chi connectivity index (χ4v) is 3.18. The summed E-state index contributed by atoms with van der Waals surface area (Å²) in [7, 11) is -4.32. The van der Waals surface area contributed by atoms with Gasteiger partial charge in [-0.05, 0) is 30.7 Å². The molecule has 0 radical (unpaired) electrons. The second-order valence-corrected chi connectivity index (χ2v) is 8.75. The number of hydrogen-bond acceptors (Lipinski definition) is 7. The lowest BCUT2D eigenvalue weighted by Gasteiger charge is -2.40. The molecule has 2 rings (SSSR count). The minimum atomic E-state index is -4.32. The Balaban J connectivity index is 2.02. The molecule has 1 aromatic carbocycles. The van der Waals surface area contributed by atoms with Gasteiger partial charge in [0.15, 0.2) is 0 Å². The molecule has 11 heteroatoms. The van der Waals surface area contributed by atoms with Crippen LogP contribution in [-0.4, -0.2) is 67.9 Å². The van der Waals surface area contributed by atoms with E-state index in [1.165, 1.54) is 12.1 Å². The summed E-state index contributed by atoms with van der Waals surface area (Å²) in [6.45, 7) is 3.52. The van der Waals surface area contributed by atoms with Crippen molar-refractivity contribution < 1.29 is 43.9 Å². The number of hydrogen-bond donors (Lipinski definition) is 6. The predicted octanol–water partition coefficient (Wildman–Crippen LogP) is 0.0353. The van der Waals surface area contributed by atoms with Crippen LogP contribution in [0.15, 0.2) is 24.3 Å². The van der Waals surface area contributed by atoms with E-state index in [9.17, 15) is 24.7 Å². The molecule has 0 unspecified atom stereocenters. The molecule has 6 N–H and O–H groups in total. The van der Waals surface area contributed by atoms with Crippen molar-refractivity contribution >= 4 is 19.2 Å². The van der Waals surface area contributed by atoms with E-state index in [2.05, 4.69) is 5.32 Å². The molecule has 1 heterocycles. The Morgan fingerprint density at radius 3 is 2.29 bits per heavy atom. The largest absolute Gasteiger partial charge is 0.462 e. The summed E-state index contributed by atoms with van der Waals surface area (Å²) in [6, 6.07) is 6.21. The summed E-state index contributed by atoms with van der Waals surface area (Å²) in [4.78, 5) is 29.6. The van der Waals surface area contributed by atoms with Crippen LogP contribution in [0, 0.1) is 5.92 Å². The van der Waals surface area contributed by atoms with Crippen LogP contribution < -0.4 is 10.1 Å². The van der Waals surface area contributed by atoms with Gasteiger partial charge in [-0.25, -0.2) is 0 Å². The maximum absolute atomic E-state index is 11.7. The Kier molecular flexibility index (Phi) is 7.58. The lowest BCUT2D eigenvalue weighted by molar-refractivity contribution is -0.272. The van der Waals surface area contributed by atoms with Gasteiger partial charge in [-0.3, -0.25) is 9.36 Å². The normalized spacial score (nSPS) is 28.2. The summed E-state index contributed by atoms with van der Waals surface area (Å²) < 4.78 is 22.0. The summed E-state index contributed by atoms with van der Waals surface area (Å²) in [5.41, 5.74) is 0.547. The van der Waals surface area contributed by atoms with E-state index in [1.807, 2.05) is 0 Å². The number of anilines is 1. The summed E-state index contributed by atoms with van der Waals surface area (Å²) in [5.74, 6) is -0.0617. The first-order valence-corrected chi connectivity index (χ1v) is 10.6. The third-order valence-corrected chi connectivity index (χ3v) is 5.11. The maximum Gasteiger partial charge on any atom is 0.325 e. The zero-order valence-corrected chi connectivity index (χ0v) is 16.4. The van der Waals surface area contributed by atoms with Gasteiger partial charge >= 0.3 is 7.60 Å². The molecule has 158 valence electrons. The lowest BCUT2D eigenvalue weighted by atomic mass is 9.97. The summed E-state index contributed by atoms with van der Waals surface area (Å²) in [5, 5.41) is 32.7. The number of carbonyl (C=O) groups excluding carboxylic acids is 1. The van der Waals surface area contributed by atoms with E-state index >= 15 is 0 Å². The van der Waals surface area contributed by atoms with Gasteiger partial charge in [-0.1, -0.05) is 13.8 Å². The van der Waals surface area contributed by atoms with E-state index in [0.717, 1.165) is 0 Å². The second kappa shape index (κ2) is 9.32. The van der Waals surface area contributed by atoms with Crippen LogP contribution in [-0.2, 0) is 14.1 Å². The molecule has 1 aliphatic rings. The number of nitrogens with one attached hydrogen (secondary N) is 1. The van der Waals surface area contributed by atoms with Gasteiger partial charge in [0, 0.05) is 11.6 Å². The van der Waals surface area contributed by atoms with Crippen molar-refractivity contribution in [3.05, 3.63) is 24.3 Å². The average molecular weight is 419 g/mol. The number of aliphatic hydroxyl groups is 3. The van der Waals surface area contributed by atoms with Crippen LogP contribution in [0.4, 0.5) is 5.69 Å². The highest BCUT2D eigenvalue weighted by molar-refractivity contribution is 7.51. The Morgan fingerprint density at radius 1 is 1.14 bits per heavy atom. The summed E-state index contributed by atoms with van der Waals surface area (Å²) in [6.07, 6.45) is -7.94. The number of carbonyl (C=O) groups is 1. The molecular formula is C17H26NO9P. The SMILES string of the molecule is CC(C)C(=O)Nc1ccc(O[C@H]2O[C@H](CCP(=O)(O)O)[C@@H](O)[C@H](O)[C@@H]2O)cc1. The fraction of sp³-hybridized carbons (Fsp3) is 0.588. The molecule has 0 spiro atoms. The van der Waals surface area contributed by atoms with Crippen molar-refractivity contribution in [3.8, 4) is 5.75 Å². The highest BCUT2D eigenvalue weighted by Gasteiger charge is 2.45. The molecule has 1 fully saturated rings. The van der Waals surface area contributed by atoms with Crippen LogP contribution in [0.3, 0.4) is 0 Å². The van der Waals surface area contributed by atoms with Crippen molar-refractivity contribution in [3.63, 3.8) is 0 Å². The molecule has 0 aliphatic carbocycles. The molecule has 1 aromatic rings. The van der Waals surface area contributed by atoms with Crippen LogP contribution in [0.25, 0.3) is 0 Å². The molecule has 1 aliphatic heterocycles. The zero-order valence-electron chi connectivity index (χ0n) is 15.5. The first-order valence-electron chi connectivity index (χ1n) is 8.80. The fourth-order valence-electron chi connectivity index (χ4n) is 2.59. The minimum Gasteiger partial charge on any atom is -0.462 e. The molecule has 10 nitrogen and oxygen atoms in total. The first-order chi connectivity index (χ1) is 13.0. The number of ether oxygens (including phenoxy) is 2.